The van der Waals surface area contributed by atoms with Crippen molar-refractivity contribution in [2.75, 3.05) is 0 Å². The van der Waals surface area contributed by atoms with Crippen molar-refractivity contribution in [3.63, 3.8) is 0 Å². The van der Waals surface area contributed by atoms with Crippen LogP contribution in [0.2, 0.25) is 0 Å². The summed E-state index contributed by atoms with van der Waals surface area (Å²) in [5.41, 5.74) is 9.71. The first-order valence-corrected chi connectivity index (χ1v) is 13.0. The molecule has 2 nitrogen and oxygen atoms in total. The van der Waals surface area contributed by atoms with Crippen molar-refractivity contribution in [3.05, 3.63) is 146 Å². The minimum absolute atomic E-state index is 1.20. The minimum Gasteiger partial charge on any atom is -0.314 e. The minimum atomic E-state index is 1.20. The first-order chi connectivity index (χ1) is 18.9. The highest BCUT2D eigenvalue weighted by Crippen LogP contribution is 2.44. The van der Waals surface area contributed by atoms with E-state index in [4.69, 9.17) is 0 Å². The lowest BCUT2D eigenvalue weighted by Crippen LogP contribution is -1.96. The average molecular weight is 485 g/mol. The lowest BCUT2D eigenvalue weighted by molar-refractivity contribution is 1.15. The molecule has 0 radical (unpaired) electrons. The molecule has 4 aromatic heterocycles. The number of rotatable bonds is 3. The molecule has 0 amide bonds. The number of fused-ring (bicyclic) bond motifs is 6. The normalized spacial score (nSPS) is 11.7. The van der Waals surface area contributed by atoms with E-state index in [1.807, 2.05) is 0 Å². The topological polar surface area (TPSA) is 8.82 Å². The molecule has 0 spiro atoms. The Morgan fingerprint density at radius 2 is 0.763 bits per heavy atom. The third-order valence-electron chi connectivity index (χ3n) is 7.75. The second-order valence-electron chi connectivity index (χ2n) is 9.86. The van der Waals surface area contributed by atoms with Crippen LogP contribution in [0.4, 0.5) is 0 Å². The largest absolute Gasteiger partial charge is 0.314 e. The van der Waals surface area contributed by atoms with Crippen LogP contribution in [0.1, 0.15) is 0 Å². The maximum atomic E-state index is 2.38. The lowest BCUT2D eigenvalue weighted by atomic mass is 9.99. The monoisotopic (exact) mass is 484 g/mol. The summed E-state index contributed by atoms with van der Waals surface area (Å²) in [5.74, 6) is 0. The van der Waals surface area contributed by atoms with Crippen LogP contribution in [-0.4, -0.2) is 8.80 Å². The summed E-state index contributed by atoms with van der Waals surface area (Å²) in [6, 6.07) is 48.1. The summed E-state index contributed by atoms with van der Waals surface area (Å²) < 4.78 is 4.77. The Morgan fingerprint density at radius 1 is 0.368 bits per heavy atom. The van der Waals surface area contributed by atoms with Crippen LogP contribution >= 0.6 is 0 Å². The second kappa shape index (κ2) is 8.22. The molecule has 0 aliphatic heterocycles. The van der Waals surface area contributed by atoms with Gasteiger partial charge in [0.2, 0.25) is 0 Å². The zero-order valence-corrected chi connectivity index (χ0v) is 20.8. The molecule has 0 unspecified atom stereocenters. The number of hydrogen-bond acceptors (Lipinski definition) is 0. The van der Waals surface area contributed by atoms with Gasteiger partial charge in [0, 0.05) is 34.3 Å². The van der Waals surface area contributed by atoms with E-state index in [-0.39, 0.29) is 0 Å². The summed E-state index contributed by atoms with van der Waals surface area (Å²) in [4.78, 5) is 0. The number of nitrogens with zero attached hydrogens (tertiary/aromatic N) is 2. The van der Waals surface area contributed by atoms with Crippen molar-refractivity contribution in [3.8, 4) is 33.6 Å². The highest BCUT2D eigenvalue weighted by atomic mass is 15.0. The van der Waals surface area contributed by atoms with Crippen molar-refractivity contribution in [2.45, 2.75) is 0 Å². The molecule has 0 bridgehead atoms. The highest BCUT2D eigenvalue weighted by Gasteiger charge is 2.23. The Bertz CT molecular complexity index is 1960. The van der Waals surface area contributed by atoms with Gasteiger partial charge in [-0.05, 0) is 46.2 Å². The average Bonchev–Trinajstić information content (AvgIpc) is 3.57. The summed E-state index contributed by atoms with van der Waals surface area (Å²) in [5, 5.41) is 5.01. The molecule has 38 heavy (non-hydrogen) atoms. The van der Waals surface area contributed by atoms with Crippen LogP contribution in [0.15, 0.2) is 146 Å². The van der Waals surface area contributed by atoms with Crippen molar-refractivity contribution < 1.29 is 0 Å². The van der Waals surface area contributed by atoms with Crippen LogP contribution in [0.3, 0.4) is 0 Å². The molecule has 178 valence electrons. The van der Waals surface area contributed by atoms with E-state index >= 15 is 0 Å². The molecule has 0 saturated heterocycles. The Balaban J connectivity index is 1.58. The van der Waals surface area contributed by atoms with Crippen LogP contribution in [-0.2, 0) is 0 Å². The van der Waals surface area contributed by atoms with Gasteiger partial charge in [-0.25, -0.2) is 0 Å². The van der Waals surface area contributed by atoms with E-state index in [2.05, 4.69) is 155 Å². The Morgan fingerprint density at radius 3 is 1.21 bits per heavy atom. The first kappa shape index (κ1) is 21.0. The molecule has 2 heteroatoms. The van der Waals surface area contributed by atoms with Crippen molar-refractivity contribution in [2.24, 2.45) is 0 Å². The first-order valence-electron chi connectivity index (χ1n) is 13.0. The van der Waals surface area contributed by atoms with E-state index in [9.17, 15) is 0 Å². The molecular weight excluding hydrogens is 460 g/mol. The van der Waals surface area contributed by atoms with Crippen LogP contribution in [0.25, 0.3) is 66.2 Å². The third-order valence-corrected chi connectivity index (χ3v) is 7.75. The SMILES string of the molecule is c1ccc(-c2cc3c4ccccc4ccn3c2-c2c(-c3ccccc3)cc3c4ccccc4ccn23)cc1. The fraction of sp³-hybridized carbons (Fsp3) is 0. The summed E-state index contributed by atoms with van der Waals surface area (Å²) in [7, 11) is 0. The van der Waals surface area contributed by atoms with Crippen LogP contribution in [0.5, 0.6) is 0 Å². The smallest absolute Gasteiger partial charge is 0.0783 e. The number of pyridine rings is 2. The van der Waals surface area contributed by atoms with E-state index in [0.717, 1.165) is 0 Å². The fourth-order valence-electron chi connectivity index (χ4n) is 5.99. The second-order valence-corrected chi connectivity index (χ2v) is 9.86. The van der Waals surface area contributed by atoms with Gasteiger partial charge in [-0.2, -0.15) is 0 Å². The standard InChI is InChI=1S/C36H24N2/c1-3-11-25(12-4-1)31-23-33-29-17-9-7-15-27(29)19-21-37(33)35(31)36-32(26-13-5-2-6-14-26)24-34-30-18-10-8-16-28(30)20-22-38(34)36/h1-24H. The molecule has 0 atom stereocenters. The maximum absolute atomic E-state index is 2.38. The third kappa shape index (κ3) is 3.07. The van der Waals surface area contributed by atoms with Gasteiger partial charge in [0.1, 0.15) is 0 Å². The van der Waals surface area contributed by atoms with E-state index < -0.39 is 0 Å². The van der Waals surface area contributed by atoms with Crippen LogP contribution in [0, 0.1) is 0 Å². The predicted octanol–water partition coefficient (Wildman–Crippen LogP) is 9.50. The van der Waals surface area contributed by atoms with Gasteiger partial charge in [-0.15, -0.1) is 0 Å². The number of benzene rings is 4. The Labute approximate surface area is 220 Å². The zero-order chi connectivity index (χ0) is 25.1. The van der Waals surface area contributed by atoms with Gasteiger partial charge in [0.15, 0.2) is 0 Å². The molecule has 0 saturated carbocycles. The fourth-order valence-corrected chi connectivity index (χ4v) is 5.99. The number of aromatic nitrogens is 2. The highest BCUT2D eigenvalue weighted by molar-refractivity contribution is 6.05. The van der Waals surface area contributed by atoms with Crippen LogP contribution < -0.4 is 0 Å². The molecule has 0 fully saturated rings. The molecular formula is C36H24N2. The van der Waals surface area contributed by atoms with E-state index in [1.165, 1.54) is 66.2 Å². The lowest BCUT2D eigenvalue weighted by Gasteiger charge is -2.13. The Kier molecular flexibility index (Phi) is 4.55. The number of hydrogen-bond donors (Lipinski definition) is 0. The van der Waals surface area contributed by atoms with Gasteiger partial charge in [-0.1, -0.05) is 109 Å². The Hall–Kier alpha value is -5.08. The van der Waals surface area contributed by atoms with Crippen molar-refractivity contribution in [1.29, 1.82) is 0 Å². The maximum Gasteiger partial charge on any atom is 0.0783 e. The van der Waals surface area contributed by atoms with E-state index in [0.29, 0.717) is 0 Å². The predicted molar refractivity (Wildman–Crippen MR) is 160 cm³/mol. The van der Waals surface area contributed by atoms with Gasteiger partial charge in [0.25, 0.3) is 0 Å². The van der Waals surface area contributed by atoms with Gasteiger partial charge < -0.3 is 8.80 Å². The quantitative estimate of drug-likeness (QED) is 0.236. The van der Waals surface area contributed by atoms with Crippen molar-refractivity contribution >= 4 is 32.6 Å². The van der Waals surface area contributed by atoms with Gasteiger partial charge in [-0.3, -0.25) is 0 Å². The summed E-state index contributed by atoms with van der Waals surface area (Å²) >= 11 is 0. The van der Waals surface area contributed by atoms with Gasteiger partial charge >= 0.3 is 0 Å². The molecule has 0 aliphatic carbocycles. The summed E-state index contributed by atoms with van der Waals surface area (Å²) in [6.45, 7) is 0. The summed E-state index contributed by atoms with van der Waals surface area (Å²) in [6.07, 6.45) is 4.46. The molecule has 4 aromatic carbocycles. The zero-order valence-electron chi connectivity index (χ0n) is 20.8. The molecule has 0 aliphatic rings. The van der Waals surface area contributed by atoms with E-state index in [1.54, 1.807) is 0 Å². The molecule has 8 aromatic rings. The molecule has 0 N–H and O–H groups in total. The molecule has 8 rings (SSSR count). The van der Waals surface area contributed by atoms with Gasteiger partial charge in [0.05, 0.1) is 22.4 Å². The molecule has 4 heterocycles. The van der Waals surface area contributed by atoms with Crippen molar-refractivity contribution in [1.82, 2.24) is 8.80 Å².